The summed E-state index contributed by atoms with van der Waals surface area (Å²) in [6.07, 6.45) is 8.74. The molecule has 3 nitrogen and oxygen atoms in total. The Morgan fingerprint density at radius 3 is 2.47 bits per heavy atom. The summed E-state index contributed by atoms with van der Waals surface area (Å²) in [6.45, 7) is 2.48. The zero-order valence-electron chi connectivity index (χ0n) is 11.5. The number of rotatable bonds is 7. The van der Waals surface area contributed by atoms with Gasteiger partial charge in [-0.3, -0.25) is 0 Å². The van der Waals surface area contributed by atoms with Crippen LogP contribution in [0, 0.1) is 0 Å². The van der Waals surface area contributed by atoms with Crippen LogP contribution in [0.3, 0.4) is 0 Å². The van der Waals surface area contributed by atoms with Gasteiger partial charge in [-0.2, -0.15) is 11.8 Å². The van der Waals surface area contributed by atoms with E-state index in [-0.39, 0.29) is 6.10 Å². The summed E-state index contributed by atoms with van der Waals surface area (Å²) in [6, 6.07) is 0. The lowest BCUT2D eigenvalue weighted by molar-refractivity contribution is 0.133. The summed E-state index contributed by atoms with van der Waals surface area (Å²) in [4.78, 5) is 2.03. The first-order valence-electron chi connectivity index (χ1n) is 6.67. The Balaban J connectivity index is 2.23. The van der Waals surface area contributed by atoms with Crippen LogP contribution in [0.5, 0.6) is 0 Å². The van der Waals surface area contributed by atoms with E-state index >= 15 is 0 Å². The number of likely N-dealkylation sites (N-methyl/N-ethyl adjacent to an activating group) is 1. The van der Waals surface area contributed by atoms with Crippen molar-refractivity contribution in [3.63, 3.8) is 0 Å². The summed E-state index contributed by atoms with van der Waals surface area (Å²) in [5, 5.41) is 13.2. The van der Waals surface area contributed by atoms with Gasteiger partial charge < -0.3 is 15.3 Å². The molecule has 0 bridgehead atoms. The predicted molar refractivity (Wildman–Crippen MR) is 76.8 cm³/mol. The van der Waals surface area contributed by atoms with Crippen LogP contribution in [0.4, 0.5) is 0 Å². The van der Waals surface area contributed by atoms with Gasteiger partial charge in [0.15, 0.2) is 0 Å². The maximum atomic E-state index is 9.79. The Bertz CT molecular complexity index is 206. The Morgan fingerprint density at radius 2 is 1.94 bits per heavy atom. The molecule has 2 N–H and O–H groups in total. The molecular weight excluding hydrogens is 232 g/mol. The minimum absolute atomic E-state index is 0.257. The summed E-state index contributed by atoms with van der Waals surface area (Å²) in [5.41, 5.74) is 0. The first kappa shape index (κ1) is 15.3. The van der Waals surface area contributed by atoms with Crippen molar-refractivity contribution in [2.45, 2.75) is 43.0 Å². The molecule has 1 saturated carbocycles. The molecule has 0 heterocycles. The van der Waals surface area contributed by atoms with Crippen LogP contribution in [-0.4, -0.2) is 60.8 Å². The number of hydrogen-bond acceptors (Lipinski definition) is 4. The lowest BCUT2D eigenvalue weighted by atomic mass is 9.88. The van der Waals surface area contributed by atoms with Crippen LogP contribution in [0.15, 0.2) is 0 Å². The van der Waals surface area contributed by atoms with E-state index in [0.717, 1.165) is 13.1 Å². The standard InChI is InChI=1S/C13H28N2OS/c1-15(2)10-12(16)9-14-11-13(17-3)7-5-4-6-8-13/h12,14,16H,4-11H2,1-3H3. The third kappa shape index (κ3) is 5.60. The minimum Gasteiger partial charge on any atom is -0.390 e. The first-order valence-corrected chi connectivity index (χ1v) is 7.89. The van der Waals surface area contributed by atoms with E-state index < -0.39 is 0 Å². The number of thioether (sulfide) groups is 1. The molecule has 4 heteroatoms. The van der Waals surface area contributed by atoms with Crippen LogP contribution in [0.1, 0.15) is 32.1 Å². The quantitative estimate of drug-likeness (QED) is 0.728. The molecule has 0 aromatic heterocycles. The van der Waals surface area contributed by atoms with E-state index in [1.807, 2.05) is 30.8 Å². The molecule has 1 atom stereocenters. The van der Waals surface area contributed by atoms with Gasteiger partial charge in [0.25, 0.3) is 0 Å². The SMILES string of the molecule is CSC1(CNCC(O)CN(C)C)CCCCC1. The highest BCUT2D eigenvalue weighted by Crippen LogP contribution is 2.37. The second-order valence-electron chi connectivity index (χ2n) is 5.49. The number of nitrogens with one attached hydrogen (secondary N) is 1. The maximum absolute atomic E-state index is 9.79. The molecule has 102 valence electrons. The fraction of sp³-hybridized carbons (Fsp3) is 1.00. The zero-order valence-corrected chi connectivity index (χ0v) is 12.4. The van der Waals surface area contributed by atoms with Gasteiger partial charge in [0.1, 0.15) is 0 Å². The highest BCUT2D eigenvalue weighted by molar-refractivity contribution is 8.00. The molecule has 0 aliphatic heterocycles. The Kier molecular flexibility index (Phi) is 6.85. The maximum Gasteiger partial charge on any atom is 0.0791 e. The Morgan fingerprint density at radius 1 is 1.29 bits per heavy atom. The third-order valence-corrected chi connectivity index (χ3v) is 5.02. The summed E-state index contributed by atoms with van der Waals surface area (Å²) in [7, 11) is 3.99. The summed E-state index contributed by atoms with van der Waals surface area (Å²) >= 11 is 2.00. The Labute approximate surface area is 110 Å². The van der Waals surface area contributed by atoms with Gasteiger partial charge in [-0.1, -0.05) is 19.3 Å². The molecule has 0 amide bonds. The van der Waals surface area contributed by atoms with Gasteiger partial charge >= 0.3 is 0 Å². The molecule has 1 fully saturated rings. The number of aliphatic hydroxyl groups is 1. The molecule has 1 aliphatic carbocycles. The van der Waals surface area contributed by atoms with Gasteiger partial charge in [0.2, 0.25) is 0 Å². The van der Waals surface area contributed by atoms with E-state index in [9.17, 15) is 5.11 Å². The van der Waals surface area contributed by atoms with E-state index in [0.29, 0.717) is 11.3 Å². The molecule has 1 unspecified atom stereocenters. The molecule has 1 rings (SSSR count). The van der Waals surface area contributed by atoms with Crippen molar-refractivity contribution in [1.29, 1.82) is 0 Å². The third-order valence-electron chi connectivity index (χ3n) is 3.60. The summed E-state index contributed by atoms with van der Waals surface area (Å²) in [5.74, 6) is 0. The molecule has 17 heavy (non-hydrogen) atoms. The van der Waals surface area contributed by atoms with Gasteiger partial charge in [-0.25, -0.2) is 0 Å². The topological polar surface area (TPSA) is 35.5 Å². The molecule has 0 spiro atoms. The lowest BCUT2D eigenvalue weighted by Gasteiger charge is -2.36. The van der Waals surface area contributed by atoms with E-state index in [1.165, 1.54) is 32.1 Å². The van der Waals surface area contributed by atoms with Crippen molar-refractivity contribution in [1.82, 2.24) is 10.2 Å². The number of nitrogens with zero attached hydrogens (tertiary/aromatic N) is 1. The lowest BCUT2D eigenvalue weighted by Crippen LogP contribution is -2.43. The molecular formula is C13H28N2OS. The largest absolute Gasteiger partial charge is 0.390 e. The van der Waals surface area contributed by atoms with Crippen molar-refractivity contribution < 1.29 is 5.11 Å². The number of aliphatic hydroxyl groups excluding tert-OH is 1. The van der Waals surface area contributed by atoms with Crippen LogP contribution in [0.25, 0.3) is 0 Å². The molecule has 0 radical (unpaired) electrons. The van der Waals surface area contributed by atoms with Crippen LogP contribution in [-0.2, 0) is 0 Å². The van der Waals surface area contributed by atoms with Gasteiger partial charge in [-0.05, 0) is 33.2 Å². The average molecular weight is 260 g/mol. The second kappa shape index (κ2) is 7.62. The van der Waals surface area contributed by atoms with Crippen LogP contribution >= 0.6 is 11.8 Å². The minimum atomic E-state index is -0.257. The van der Waals surface area contributed by atoms with Crippen LogP contribution < -0.4 is 5.32 Å². The van der Waals surface area contributed by atoms with Crippen molar-refractivity contribution in [2.75, 3.05) is 40.0 Å². The van der Waals surface area contributed by atoms with E-state index in [4.69, 9.17) is 0 Å². The molecule has 0 aromatic carbocycles. The van der Waals surface area contributed by atoms with Crippen LogP contribution in [0.2, 0.25) is 0 Å². The smallest absolute Gasteiger partial charge is 0.0791 e. The predicted octanol–water partition coefficient (Wildman–Crippen LogP) is 1.56. The first-order chi connectivity index (χ1) is 8.08. The monoisotopic (exact) mass is 260 g/mol. The van der Waals surface area contributed by atoms with Gasteiger partial charge in [-0.15, -0.1) is 0 Å². The molecule has 1 aliphatic rings. The second-order valence-corrected chi connectivity index (χ2v) is 6.77. The van der Waals surface area contributed by atoms with Gasteiger partial charge in [0, 0.05) is 24.4 Å². The fourth-order valence-electron chi connectivity index (χ4n) is 2.60. The number of hydrogen-bond donors (Lipinski definition) is 2. The van der Waals surface area contributed by atoms with Crippen molar-refractivity contribution >= 4 is 11.8 Å². The zero-order chi connectivity index (χ0) is 12.7. The average Bonchev–Trinajstić information content (AvgIpc) is 2.29. The molecule has 0 aromatic rings. The van der Waals surface area contributed by atoms with Gasteiger partial charge in [0.05, 0.1) is 6.10 Å². The normalized spacial score (nSPS) is 21.7. The van der Waals surface area contributed by atoms with Crippen molar-refractivity contribution in [2.24, 2.45) is 0 Å². The fourth-order valence-corrected chi connectivity index (χ4v) is 3.55. The summed E-state index contributed by atoms with van der Waals surface area (Å²) < 4.78 is 0.427. The molecule has 0 saturated heterocycles. The van der Waals surface area contributed by atoms with E-state index in [1.54, 1.807) is 0 Å². The van der Waals surface area contributed by atoms with E-state index in [2.05, 4.69) is 11.6 Å². The van der Waals surface area contributed by atoms with Crippen molar-refractivity contribution in [3.05, 3.63) is 0 Å². The van der Waals surface area contributed by atoms with Crippen molar-refractivity contribution in [3.8, 4) is 0 Å². The highest BCUT2D eigenvalue weighted by atomic mass is 32.2. The highest BCUT2D eigenvalue weighted by Gasteiger charge is 2.30. The Hall–Kier alpha value is 0.230.